The first kappa shape index (κ1) is 21.6. The quantitative estimate of drug-likeness (QED) is 0.482. The van der Waals surface area contributed by atoms with Crippen molar-refractivity contribution in [2.24, 2.45) is 0 Å². The first-order chi connectivity index (χ1) is 15.1. The van der Waals surface area contributed by atoms with E-state index in [1.54, 1.807) is 18.2 Å². The van der Waals surface area contributed by atoms with E-state index in [4.69, 9.17) is 19.2 Å². The minimum atomic E-state index is -0.807. The van der Waals surface area contributed by atoms with Gasteiger partial charge in [-0.25, -0.2) is 9.18 Å². The van der Waals surface area contributed by atoms with Crippen LogP contribution in [-0.4, -0.2) is 25.0 Å². The van der Waals surface area contributed by atoms with E-state index < -0.39 is 24.3 Å². The Bertz CT molecular complexity index is 1060. The molecule has 0 saturated carbocycles. The van der Waals surface area contributed by atoms with Crippen LogP contribution in [0.4, 0.5) is 10.1 Å². The summed E-state index contributed by atoms with van der Waals surface area (Å²) in [7, 11) is 0. The van der Waals surface area contributed by atoms with E-state index in [1.807, 2.05) is 24.3 Å². The Morgan fingerprint density at radius 1 is 1.03 bits per heavy atom. The number of ether oxygens (including phenoxy) is 2. The summed E-state index contributed by atoms with van der Waals surface area (Å²) in [5.41, 5.74) is 0.399. The number of carbonyl (C=O) groups is 2. The van der Waals surface area contributed by atoms with Gasteiger partial charge in [0.15, 0.2) is 6.61 Å². The number of nitrogens with zero attached hydrogens (tertiary/aromatic N) is 2. The van der Waals surface area contributed by atoms with Gasteiger partial charge in [-0.2, -0.15) is 5.26 Å². The third-order valence-electron chi connectivity index (χ3n) is 4.20. The Kier molecular flexibility index (Phi) is 7.38. The van der Waals surface area contributed by atoms with Crippen molar-refractivity contribution in [3.05, 3.63) is 84.1 Å². The van der Waals surface area contributed by atoms with E-state index in [2.05, 4.69) is 0 Å². The number of carbonyl (C=O) groups excluding carboxylic acids is 2. The highest BCUT2D eigenvalue weighted by atomic mass is 19.1. The highest BCUT2D eigenvalue weighted by molar-refractivity contribution is 5.96. The van der Waals surface area contributed by atoms with Gasteiger partial charge in [-0.3, -0.25) is 4.79 Å². The number of benzene rings is 2. The molecule has 0 aliphatic rings. The average Bonchev–Trinajstić information content (AvgIpc) is 3.27. The minimum Gasteiger partial charge on any atom is -0.486 e. The molecule has 0 spiro atoms. The van der Waals surface area contributed by atoms with Crippen LogP contribution in [0.3, 0.4) is 0 Å². The summed E-state index contributed by atoms with van der Waals surface area (Å²) in [5.74, 6) is -0.790. The molecule has 3 rings (SSSR count). The fourth-order valence-corrected chi connectivity index (χ4v) is 2.69. The molecule has 0 unspecified atom stereocenters. The SMILES string of the molecule is N#CCCN(C(=O)COC(=O)c1ccc(COc2ccccc2)o1)c1ccc(F)cc1. The molecule has 0 bridgehead atoms. The van der Waals surface area contributed by atoms with Crippen molar-refractivity contribution in [1.82, 2.24) is 0 Å². The molecule has 0 fully saturated rings. The van der Waals surface area contributed by atoms with Gasteiger partial charge in [0.05, 0.1) is 12.5 Å². The number of hydrogen-bond donors (Lipinski definition) is 0. The second kappa shape index (κ2) is 10.6. The van der Waals surface area contributed by atoms with Crippen molar-refractivity contribution in [3.8, 4) is 11.8 Å². The largest absolute Gasteiger partial charge is 0.486 e. The number of esters is 1. The lowest BCUT2D eigenvalue weighted by molar-refractivity contribution is -0.121. The average molecular weight is 422 g/mol. The van der Waals surface area contributed by atoms with Gasteiger partial charge >= 0.3 is 5.97 Å². The van der Waals surface area contributed by atoms with Gasteiger partial charge in [-0.1, -0.05) is 18.2 Å². The molecule has 7 nitrogen and oxygen atoms in total. The second-order valence-electron chi connectivity index (χ2n) is 6.37. The van der Waals surface area contributed by atoms with Crippen molar-refractivity contribution in [3.63, 3.8) is 0 Å². The van der Waals surface area contributed by atoms with Crippen molar-refractivity contribution in [1.29, 1.82) is 5.26 Å². The fourth-order valence-electron chi connectivity index (χ4n) is 2.69. The van der Waals surface area contributed by atoms with E-state index >= 15 is 0 Å². The number of hydrogen-bond acceptors (Lipinski definition) is 6. The number of amides is 1. The smallest absolute Gasteiger partial charge is 0.374 e. The standard InChI is InChI=1S/C23H19FN2O5/c24-17-7-9-18(10-8-17)26(14-4-13-25)22(27)16-30-23(28)21-12-11-20(31-21)15-29-19-5-2-1-3-6-19/h1-3,5-12H,4,14-16H2. The zero-order chi connectivity index (χ0) is 22.1. The number of furan rings is 1. The lowest BCUT2D eigenvalue weighted by Crippen LogP contribution is -2.35. The lowest BCUT2D eigenvalue weighted by atomic mass is 10.2. The Hall–Kier alpha value is -4.12. The van der Waals surface area contributed by atoms with Crippen molar-refractivity contribution in [2.75, 3.05) is 18.1 Å². The first-order valence-electron chi connectivity index (χ1n) is 9.43. The van der Waals surface area contributed by atoms with Crippen LogP contribution in [0.5, 0.6) is 5.75 Å². The van der Waals surface area contributed by atoms with Crippen LogP contribution in [0.1, 0.15) is 22.7 Å². The summed E-state index contributed by atoms with van der Waals surface area (Å²) >= 11 is 0. The first-order valence-corrected chi connectivity index (χ1v) is 9.43. The van der Waals surface area contributed by atoms with Crippen LogP contribution in [0.15, 0.2) is 71.1 Å². The van der Waals surface area contributed by atoms with E-state index in [1.165, 1.54) is 35.2 Å². The van der Waals surface area contributed by atoms with Gasteiger partial charge in [-0.15, -0.1) is 0 Å². The van der Waals surface area contributed by atoms with E-state index in [0.717, 1.165) is 0 Å². The summed E-state index contributed by atoms with van der Waals surface area (Å²) in [4.78, 5) is 26.0. The van der Waals surface area contributed by atoms with Crippen LogP contribution in [-0.2, 0) is 16.1 Å². The Morgan fingerprint density at radius 2 is 1.77 bits per heavy atom. The van der Waals surface area contributed by atoms with Crippen LogP contribution in [0.2, 0.25) is 0 Å². The highest BCUT2D eigenvalue weighted by Gasteiger charge is 2.20. The maximum Gasteiger partial charge on any atom is 0.374 e. The van der Waals surface area contributed by atoms with Gasteiger partial charge < -0.3 is 18.8 Å². The summed E-state index contributed by atoms with van der Waals surface area (Å²) in [6.45, 7) is -0.346. The summed E-state index contributed by atoms with van der Waals surface area (Å²) in [5, 5.41) is 8.82. The molecule has 158 valence electrons. The minimum absolute atomic E-state index is 0.0650. The molecule has 0 saturated heterocycles. The molecule has 1 aromatic heterocycles. The topological polar surface area (TPSA) is 92.8 Å². The van der Waals surface area contributed by atoms with Crippen molar-refractivity contribution in [2.45, 2.75) is 13.0 Å². The summed E-state index contributed by atoms with van der Waals surface area (Å²) < 4.78 is 29.2. The van der Waals surface area contributed by atoms with Gasteiger partial charge in [0.1, 0.15) is 23.9 Å². The molecule has 31 heavy (non-hydrogen) atoms. The van der Waals surface area contributed by atoms with E-state index in [9.17, 15) is 14.0 Å². The molecule has 3 aromatic rings. The van der Waals surface area contributed by atoms with Gasteiger partial charge in [0.25, 0.3) is 5.91 Å². The van der Waals surface area contributed by atoms with E-state index in [-0.39, 0.29) is 25.3 Å². The van der Waals surface area contributed by atoms with Crippen LogP contribution in [0, 0.1) is 17.1 Å². The van der Waals surface area contributed by atoms with Gasteiger partial charge in [-0.05, 0) is 48.5 Å². The van der Waals surface area contributed by atoms with Crippen LogP contribution >= 0.6 is 0 Å². The molecule has 2 aromatic carbocycles. The lowest BCUT2D eigenvalue weighted by Gasteiger charge is -2.21. The molecular formula is C23H19FN2O5. The van der Waals surface area contributed by atoms with E-state index in [0.29, 0.717) is 17.2 Å². The molecule has 0 aliphatic heterocycles. The second-order valence-corrected chi connectivity index (χ2v) is 6.37. The zero-order valence-corrected chi connectivity index (χ0v) is 16.5. The fraction of sp³-hybridized carbons (Fsp3) is 0.174. The monoisotopic (exact) mass is 422 g/mol. The predicted octanol–water partition coefficient (Wildman–Crippen LogP) is 4.10. The number of rotatable bonds is 9. The Morgan fingerprint density at radius 3 is 2.48 bits per heavy atom. The molecule has 0 atom stereocenters. The van der Waals surface area contributed by atoms with Crippen LogP contribution in [0.25, 0.3) is 0 Å². The third kappa shape index (κ3) is 6.18. The molecule has 1 amide bonds. The predicted molar refractivity (Wildman–Crippen MR) is 109 cm³/mol. The molecular weight excluding hydrogens is 403 g/mol. The molecule has 0 N–H and O–H groups in total. The highest BCUT2D eigenvalue weighted by Crippen LogP contribution is 2.17. The Labute approximate surface area is 178 Å². The molecule has 0 aliphatic carbocycles. The number of nitriles is 1. The zero-order valence-electron chi connectivity index (χ0n) is 16.5. The van der Waals surface area contributed by atoms with Gasteiger partial charge in [0.2, 0.25) is 5.76 Å². The number of anilines is 1. The third-order valence-corrected chi connectivity index (χ3v) is 4.20. The Balaban J connectivity index is 1.56. The van der Waals surface area contributed by atoms with Crippen molar-refractivity contribution >= 4 is 17.6 Å². The number of halogens is 1. The summed E-state index contributed by atoms with van der Waals surface area (Å²) in [6, 6.07) is 19.3. The van der Waals surface area contributed by atoms with Gasteiger partial charge in [0, 0.05) is 12.2 Å². The maximum atomic E-state index is 13.2. The number of para-hydroxylation sites is 1. The van der Waals surface area contributed by atoms with Crippen LogP contribution < -0.4 is 9.64 Å². The normalized spacial score (nSPS) is 10.2. The summed E-state index contributed by atoms with van der Waals surface area (Å²) in [6.07, 6.45) is 0.0695. The molecule has 1 heterocycles. The molecule has 0 radical (unpaired) electrons. The molecule has 8 heteroatoms. The van der Waals surface area contributed by atoms with Crippen molar-refractivity contribution < 1.29 is 27.9 Å². The maximum absolute atomic E-state index is 13.2.